The minimum Gasteiger partial charge on any atom is -0.497 e. The number of nitrogens with one attached hydrogen (secondary N) is 1. The summed E-state index contributed by atoms with van der Waals surface area (Å²) < 4.78 is 18.3. The number of halogens is 1. The first-order valence-corrected chi connectivity index (χ1v) is 10.2. The average Bonchev–Trinajstić information content (AvgIpc) is 2.79. The lowest BCUT2D eigenvalue weighted by Crippen LogP contribution is -2.46. The summed E-state index contributed by atoms with van der Waals surface area (Å²) in [4.78, 5) is 17.5. The molecule has 0 unspecified atom stereocenters. The molecule has 1 fully saturated rings. The van der Waals surface area contributed by atoms with E-state index >= 15 is 0 Å². The van der Waals surface area contributed by atoms with Gasteiger partial charge in [0.2, 0.25) is 11.9 Å². The number of anilines is 3. The molecule has 8 nitrogen and oxygen atoms in total. The molecule has 2 aromatic carbocycles. The Kier molecular flexibility index (Phi) is 6.42. The van der Waals surface area contributed by atoms with Gasteiger partial charge >= 0.3 is 0 Å². The zero-order valence-electron chi connectivity index (χ0n) is 17.5. The molecule has 0 spiro atoms. The minimum absolute atomic E-state index is 0.201. The fourth-order valence-corrected chi connectivity index (χ4v) is 3.53. The van der Waals surface area contributed by atoms with Crippen molar-refractivity contribution in [2.24, 2.45) is 0 Å². The van der Waals surface area contributed by atoms with E-state index in [0.717, 1.165) is 43.2 Å². The molecule has 2 heterocycles. The molecule has 3 aromatic rings. The van der Waals surface area contributed by atoms with Crippen molar-refractivity contribution >= 4 is 17.6 Å². The van der Waals surface area contributed by atoms with Gasteiger partial charge in [-0.15, -0.1) is 0 Å². The van der Waals surface area contributed by atoms with Crippen molar-refractivity contribution in [3.63, 3.8) is 0 Å². The molecule has 1 aliphatic heterocycles. The second kappa shape index (κ2) is 9.57. The Balaban J connectivity index is 1.32. The van der Waals surface area contributed by atoms with Crippen LogP contribution in [-0.4, -0.2) is 53.1 Å². The number of methoxy groups -OCH3 is 1. The van der Waals surface area contributed by atoms with Crippen LogP contribution < -0.4 is 20.7 Å². The van der Waals surface area contributed by atoms with Gasteiger partial charge in [-0.3, -0.25) is 4.90 Å². The highest BCUT2D eigenvalue weighted by molar-refractivity contribution is 5.46. The molecule has 31 heavy (non-hydrogen) atoms. The van der Waals surface area contributed by atoms with Crippen molar-refractivity contribution in [3.8, 4) is 5.75 Å². The number of benzene rings is 2. The molecular formula is C22H26FN7O. The maximum Gasteiger partial charge on any atom is 0.228 e. The molecular weight excluding hydrogens is 397 g/mol. The van der Waals surface area contributed by atoms with Crippen LogP contribution in [0.15, 0.2) is 48.5 Å². The molecule has 3 N–H and O–H groups in total. The summed E-state index contributed by atoms with van der Waals surface area (Å²) in [7, 11) is 1.64. The van der Waals surface area contributed by atoms with E-state index in [2.05, 4.69) is 30.1 Å². The van der Waals surface area contributed by atoms with E-state index in [9.17, 15) is 4.39 Å². The first-order chi connectivity index (χ1) is 15.1. The number of rotatable bonds is 7. The second-order valence-electron chi connectivity index (χ2n) is 7.37. The van der Waals surface area contributed by atoms with Crippen LogP contribution in [0.25, 0.3) is 0 Å². The third-order valence-corrected chi connectivity index (χ3v) is 5.24. The van der Waals surface area contributed by atoms with Gasteiger partial charge in [-0.05, 0) is 42.0 Å². The monoisotopic (exact) mass is 423 g/mol. The second-order valence-corrected chi connectivity index (χ2v) is 7.37. The van der Waals surface area contributed by atoms with Crippen molar-refractivity contribution < 1.29 is 9.13 Å². The first-order valence-electron chi connectivity index (χ1n) is 10.2. The highest BCUT2D eigenvalue weighted by Gasteiger charge is 2.19. The van der Waals surface area contributed by atoms with Crippen molar-refractivity contribution in [1.29, 1.82) is 0 Å². The van der Waals surface area contributed by atoms with E-state index in [0.29, 0.717) is 24.9 Å². The Morgan fingerprint density at radius 1 is 0.968 bits per heavy atom. The fourth-order valence-electron chi connectivity index (χ4n) is 3.53. The van der Waals surface area contributed by atoms with E-state index in [1.54, 1.807) is 7.11 Å². The van der Waals surface area contributed by atoms with E-state index in [1.165, 1.54) is 12.1 Å². The molecule has 4 rings (SSSR count). The lowest BCUT2D eigenvalue weighted by Gasteiger charge is -2.35. The SMILES string of the molecule is COc1ccc(CNc2nc(N)nc(CN3CCN(c4ccc(F)cc4)CC3)n2)cc1. The highest BCUT2D eigenvalue weighted by atomic mass is 19.1. The van der Waals surface area contributed by atoms with Crippen molar-refractivity contribution in [1.82, 2.24) is 19.9 Å². The fraction of sp³-hybridized carbons (Fsp3) is 0.318. The van der Waals surface area contributed by atoms with Crippen LogP contribution in [0.4, 0.5) is 22.0 Å². The van der Waals surface area contributed by atoms with Crippen LogP contribution in [0.3, 0.4) is 0 Å². The lowest BCUT2D eigenvalue weighted by atomic mass is 10.2. The van der Waals surface area contributed by atoms with Crippen LogP contribution in [0.5, 0.6) is 5.75 Å². The summed E-state index contributed by atoms with van der Waals surface area (Å²) >= 11 is 0. The van der Waals surface area contributed by atoms with Crippen LogP contribution in [0, 0.1) is 5.82 Å². The molecule has 0 bridgehead atoms. The van der Waals surface area contributed by atoms with Gasteiger partial charge in [0.25, 0.3) is 0 Å². The van der Waals surface area contributed by atoms with Gasteiger partial charge in [0.1, 0.15) is 17.4 Å². The summed E-state index contributed by atoms with van der Waals surface area (Å²) in [5, 5.41) is 3.21. The van der Waals surface area contributed by atoms with E-state index in [-0.39, 0.29) is 11.8 Å². The predicted octanol–water partition coefficient (Wildman–Crippen LogP) is 2.54. The van der Waals surface area contributed by atoms with Crippen molar-refractivity contribution in [2.45, 2.75) is 13.1 Å². The standard InChI is InChI=1S/C22H26FN7O/c1-31-19-8-2-16(3-9-19)14-25-22-27-20(26-21(24)28-22)15-29-10-12-30(13-11-29)18-6-4-17(23)5-7-18/h2-9H,10-15H2,1H3,(H3,24,25,26,27,28). The number of nitrogens with two attached hydrogens (primary N) is 1. The van der Waals surface area contributed by atoms with Crippen LogP contribution >= 0.6 is 0 Å². The summed E-state index contributed by atoms with van der Waals surface area (Å²) in [5.41, 5.74) is 8.02. The number of nitrogens with zero attached hydrogens (tertiary/aromatic N) is 5. The summed E-state index contributed by atoms with van der Waals surface area (Å²) in [6, 6.07) is 14.4. The third-order valence-electron chi connectivity index (χ3n) is 5.24. The number of aromatic nitrogens is 3. The van der Waals surface area contributed by atoms with Gasteiger partial charge in [0.15, 0.2) is 0 Å². The Labute approximate surface area is 180 Å². The molecule has 1 saturated heterocycles. The molecule has 162 valence electrons. The Hall–Kier alpha value is -3.46. The number of hydrogen-bond donors (Lipinski definition) is 2. The largest absolute Gasteiger partial charge is 0.497 e. The third kappa shape index (κ3) is 5.58. The van der Waals surface area contributed by atoms with Crippen LogP contribution in [0.2, 0.25) is 0 Å². The average molecular weight is 423 g/mol. The van der Waals surface area contributed by atoms with Crippen molar-refractivity contribution in [3.05, 3.63) is 65.7 Å². The highest BCUT2D eigenvalue weighted by Crippen LogP contribution is 2.18. The smallest absolute Gasteiger partial charge is 0.228 e. The summed E-state index contributed by atoms with van der Waals surface area (Å²) in [6.45, 7) is 4.60. The molecule has 1 aliphatic rings. The molecule has 0 atom stereocenters. The lowest BCUT2D eigenvalue weighted by molar-refractivity contribution is 0.244. The normalized spacial score (nSPS) is 14.5. The van der Waals surface area contributed by atoms with Crippen molar-refractivity contribution in [2.75, 3.05) is 49.2 Å². The van der Waals surface area contributed by atoms with Crippen LogP contribution in [0.1, 0.15) is 11.4 Å². The Morgan fingerprint density at radius 3 is 2.35 bits per heavy atom. The first kappa shape index (κ1) is 20.8. The molecule has 0 saturated carbocycles. The molecule has 0 aliphatic carbocycles. The van der Waals surface area contributed by atoms with Gasteiger partial charge in [-0.25, -0.2) is 4.39 Å². The molecule has 0 radical (unpaired) electrons. The molecule has 1 aromatic heterocycles. The Bertz CT molecular complexity index is 990. The maximum absolute atomic E-state index is 13.1. The zero-order valence-corrected chi connectivity index (χ0v) is 17.5. The van der Waals surface area contributed by atoms with Gasteiger partial charge in [-0.1, -0.05) is 12.1 Å². The van der Waals surface area contributed by atoms with Gasteiger partial charge in [0, 0.05) is 38.4 Å². The predicted molar refractivity (Wildman–Crippen MR) is 118 cm³/mol. The quantitative estimate of drug-likeness (QED) is 0.599. The molecule has 9 heteroatoms. The van der Waals surface area contributed by atoms with E-state index < -0.39 is 0 Å². The summed E-state index contributed by atoms with van der Waals surface area (Å²) in [5.74, 6) is 1.90. The maximum atomic E-state index is 13.1. The number of nitrogen functional groups attached to an aromatic ring is 1. The number of piperazine rings is 1. The number of ether oxygens (including phenoxy) is 1. The Morgan fingerprint density at radius 2 is 1.68 bits per heavy atom. The van der Waals surface area contributed by atoms with Gasteiger partial charge in [-0.2, -0.15) is 15.0 Å². The van der Waals surface area contributed by atoms with E-state index in [1.807, 2.05) is 36.4 Å². The van der Waals surface area contributed by atoms with Gasteiger partial charge in [0.05, 0.1) is 13.7 Å². The van der Waals surface area contributed by atoms with E-state index in [4.69, 9.17) is 10.5 Å². The number of hydrogen-bond acceptors (Lipinski definition) is 8. The summed E-state index contributed by atoms with van der Waals surface area (Å²) in [6.07, 6.45) is 0. The molecule has 0 amide bonds. The topological polar surface area (TPSA) is 92.4 Å². The zero-order chi connectivity index (χ0) is 21.6. The minimum atomic E-state index is -0.216. The van der Waals surface area contributed by atoms with Gasteiger partial charge < -0.3 is 20.7 Å². The van der Waals surface area contributed by atoms with Crippen LogP contribution in [-0.2, 0) is 13.1 Å².